The highest BCUT2D eigenvalue weighted by Crippen LogP contribution is 2.24. The number of aliphatic hydroxyl groups is 1. The van der Waals surface area contributed by atoms with E-state index in [2.05, 4.69) is 5.32 Å². The molecular formula is C10H17N3O2. The van der Waals surface area contributed by atoms with Gasteiger partial charge in [-0.15, -0.1) is 0 Å². The summed E-state index contributed by atoms with van der Waals surface area (Å²) in [5.74, 6) is -0.157. The van der Waals surface area contributed by atoms with E-state index in [1.54, 1.807) is 0 Å². The number of β-amino-alcohol motifs (C(OH)–C–C–N with tert-alkyl or cyclic N) is 1. The molecule has 1 saturated heterocycles. The van der Waals surface area contributed by atoms with E-state index in [9.17, 15) is 9.90 Å². The maximum absolute atomic E-state index is 11.2. The first-order chi connectivity index (χ1) is 7.09. The van der Waals surface area contributed by atoms with Crippen LogP contribution < -0.4 is 5.32 Å². The summed E-state index contributed by atoms with van der Waals surface area (Å²) in [5.41, 5.74) is -0.593. The van der Waals surface area contributed by atoms with Crippen LogP contribution in [0.3, 0.4) is 0 Å². The van der Waals surface area contributed by atoms with Crippen molar-refractivity contribution in [3.05, 3.63) is 0 Å². The zero-order valence-electron chi connectivity index (χ0n) is 8.99. The first kappa shape index (κ1) is 12.0. The lowest BCUT2D eigenvalue weighted by atomic mass is 9.89. The van der Waals surface area contributed by atoms with Crippen LogP contribution in [0.15, 0.2) is 0 Å². The number of nitrogens with zero attached hydrogens (tertiary/aromatic N) is 2. The van der Waals surface area contributed by atoms with Crippen molar-refractivity contribution in [2.45, 2.75) is 25.4 Å². The minimum absolute atomic E-state index is 0.0475. The monoisotopic (exact) mass is 211 g/mol. The lowest BCUT2D eigenvalue weighted by Crippen LogP contribution is -2.63. The van der Waals surface area contributed by atoms with Crippen molar-refractivity contribution < 1.29 is 9.90 Å². The van der Waals surface area contributed by atoms with Crippen LogP contribution in [0, 0.1) is 11.3 Å². The minimum Gasteiger partial charge on any atom is -0.387 e. The Morgan fingerprint density at radius 3 is 2.87 bits per heavy atom. The topological polar surface area (TPSA) is 76.4 Å². The van der Waals surface area contributed by atoms with E-state index in [0.29, 0.717) is 13.1 Å². The van der Waals surface area contributed by atoms with Gasteiger partial charge in [0, 0.05) is 13.1 Å². The van der Waals surface area contributed by atoms with Gasteiger partial charge in [-0.1, -0.05) is 13.3 Å². The summed E-state index contributed by atoms with van der Waals surface area (Å²) < 4.78 is 0. The standard InChI is InChI=1S/C10H17N3O2/c1-2-3-10(15)7-13(8-10)6-9(14)12-5-4-11/h15H,2-3,5-8H2,1H3,(H,12,14). The van der Waals surface area contributed by atoms with Crippen molar-refractivity contribution in [2.75, 3.05) is 26.2 Å². The van der Waals surface area contributed by atoms with Crippen molar-refractivity contribution in [1.29, 1.82) is 5.26 Å². The lowest BCUT2D eigenvalue weighted by Gasteiger charge is -2.46. The molecule has 1 heterocycles. The zero-order chi connectivity index (χ0) is 11.3. The van der Waals surface area contributed by atoms with Gasteiger partial charge in [0.2, 0.25) is 5.91 Å². The average molecular weight is 211 g/mol. The van der Waals surface area contributed by atoms with E-state index < -0.39 is 5.60 Å². The van der Waals surface area contributed by atoms with Crippen molar-refractivity contribution in [3.63, 3.8) is 0 Å². The molecule has 0 saturated carbocycles. The third-order valence-corrected chi connectivity index (χ3v) is 2.48. The summed E-state index contributed by atoms with van der Waals surface area (Å²) in [6, 6.07) is 1.84. The third-order valence-electron chi connectivity index (χ3n) is 2.48. The number of rotatable bonds is 5. The number of hydrogen-bond acceptors (Lipinski definition) is 4. The van der Waals surface area contributed by atoms with Gasteiger partial charge in [-0.05, 0) is 6.42 Å². The Kier molecular flexibility index (Phi) is 4.06. The van der Waals surface area contributed by atoms with Gasteiger partial charge in [-0.2, -0.15) is 5.26 Å². The highest BCUT2D eigenvalue weighted by Gasteiger charge is 2.40. The number of amides is 1. The van der Waals surface area contributed by atoms with Crippen molar-refractivity contribution in [2.24, 2.45) is 0 Å². The Labute approximate surface area is 89.7 Å². The molecule has 5 nitrogen and oxygen atoms in total. The van der Waals surface area contributed by atoms with Gasteiger partial charge in [0.1, 0.15) is 6.54 Å². The summed E-state index contributed by atoms with van der Waals surface area (Å²) >= 11 is 0. The number of carbonyl (C=O) groups is 1. The molecule has 15 heavy (non-hydrogen) atoms. The molecule has 1 aliphatic heterocycles. The summed E-state index contributed by atoms with van der Waals surface area (Å²) in [6.45, 7) is 3.46. The molecular weight excluding hydrogens is 194 g/mol. The van der Waals surface area contributed by atoms with Crippen LogP contribution in [0.2, 0.25) is 0 Å². The molecule has 0 aliphatic carbocycles. The van der Waals surface area contributed by atoms with E-state index in [0.717, 1.165) is 12.8 Å². The molecule has 5 heteroatoms. The summed E-state index contributed by atoms with van der Waals surface area (Å²) in [4.78, 5) is 13.1. The second-order valence-corrected chi connectivity index (χ2v) is 4.05. The van der Waals surface area contributed by atoms with Gasteiger partial charge in [0.15, 0.2) is 0 Å². The van der Waals surface area contributed by atoms with E-state index in [1.807, 2.05) is 17.9 Å². The first-order valence-electron chi connectivity index (χ1n) is 5.18. The largest absolute Gasteiger partial charge is 0.387 e. The van der Waals surface area contributed by atoms with Crippen LogP contribution in [0.4, 0.5) is 0 Å². The SMILES string of the molecule is CCCC1(O)CN(CC(=O)NCC#N)C1. The summed E-state index contributed by atoms with van der Waals surface area (Å²) in [6.07, 6.45) is 1.73. The quantitative estimate of drug-likeness (QED) is 0.599. The van der Waals surface area contributed by atoms with Gasteiger partial charge in [-0.3, -0.25) is 9.69 Å². The highest BCUT2D eigenvalue weighted by atomic mass is 16.3. The molecule has 0 unspecified atom stereocenters. The van der Waals surface area contributed by atoms with Crippen LogP contribution in [0.1, 0.15) is 19.8 Å². The molecule has 1 fully saturated rings. The van der Waals surface area contributed by atoms with Gasteiger partial charge in [0.05, 0.1) is 18.2 Å². The molecule has 2 N–H and O–H groups in total. The van der Waals surface area contributed by atoms with E-state index in [4.69, 9.17) is 5.26 Å². The van der Waals surface area contributed by atoms with E-state index in [1.165, 1.54) is 0 Å². The van der Waals surface area contributed by atoms with Gasteiger partial charge in [0.25, 0.3) is 0 Å². The van der Waals surface area contributed by atoms with Gasteiger partial charge < -0.3 is 10.4 Å². The summed E-state index contributed by atoms with van der Waals surface area (Å²) in [7, 11) is 0. The molecule has 0 aromatic heterocycles. The maximum Gasteiger partial charge on any atom is 0.235 e. The number of carbonyl (C=O) groups excluding carboxylic acids is 1. The molecule has 1 rings (SSSR count). The fourth-order valence-corrected chi connectivity index (χ4v) is 1.92. The predicted molar refractivity (Wildman–Crippen MR) is 54.9 cm³/mol. The normalized spacial score (nSPS) is 19.0. The maximum atomic E-state index is 11.2. The molecule has 84 valence electrons. The molecule has 0 radical (unpaired) electrons. The fraction of sp³-hybridized carbons (Fsp3) is 0.800. The molecule has 1 aliphatic rings. The van der Waals surface area contributed by atoms with Gasteiger partial charge in [-0.25, -0.2) is 0 Å². The summed E-state index contributed by atoms with van der Waals surface area (Å²) in [5, 5.41) is 20.6. The van der Waals surface area contributed by atoms with Crippen molar-refractivity contribution in [1.82, 2.24) is 10.2 Å². The second-order valence-electron chi connectivity index (χ2n) is 4.05. The fourth-order valence-electron chi connectivity index (χ4n) is 1.92. The Morgan fingerprint density at radius 2 is 2.33 bits per heavy atom. The molecule has 1 amide bonds. The number of nitriles is 1. The minimum atomic E-state index is -0.593. The highest BCUT2D eigenvalue weighted by molar-refractivity contribution is 5.78. The molecule has 0 aromatic carbocycles. The Hall–Kier alpha value is -1.12. The molecule has 0 bridgehead atoms. The number of nitrogens with one attached hydrogen (secondary N) is 1. The van der Waals surface area contributed by atoms with E-state index in [-0.39, 0.29) is 19.0 Å². The van der Waals surface area contributed by atoms with Gasteiger partial charge >= 0.3 is 0 Å². The smallest absolute Gasteiger partial charge is 0.235 e. The molecule has 0 aromatic rings. The first-order valence-corrected chi connectivity index (χ1v) is 5.18. The Bertz CT molecular complexity index is 266. The second kappa shape index (κ2) is 5.10. The van der Waals surface area contributed by atoms with Crippen LogP contribution in [0.25, 0.3) is 0 Å². The van der Waals surface area contributed by atoms with Crippen LogP contribution >= 0.6 is 0 Å². The average Bonchev–Trinajstić information content (AvgIpc) is 2.12. The molecule has 0 spiro atoms. The van der Waals surface area contributed by atoms with Crippen LogP contribution in [0.5, 0.6) is 0 Å². The van der Waals surface area contributed by atoms with Crippen molar-refractivity contribution in [3.8, 4) is 6.07 Å². The predicted octanol–water partition coefficient (Wildman–Crippen LogP) is -0.527. The molecule has 0 atom stereocenters. The van der Waals surface area contributed by atoms with Crippen molar-refractivity contribution >= 4 is 5.91 Å². The lowest BCUT2D eigenvalue weighted by molar-refractivity contribution is -0.133. The van der Waals surface area contributed by atoms with Crippen LogP contribution in [-0.2, 0) is 4.79 Å². The van der Waals surface area contributed by atoms with E-state index >= 15 is 0 Å². The third kappa shape index (κ3) is 3.50. The Balaban J connectivity index is 2.17. The number of likely N-dealkylation sites (tertiary alicyclic amines) is 1. The zero-order valence-corrected chi connectivity index (χ0v) is 8.99. The van der Waals surface area contributed by atoms with Crippen LogP contribution in [-0.4, -0.2) is 47.7 Å². The Morgan fingerprint density at radius 1 is 1.67 bits per heavy atom. The number of hydrogen-bond donors (Lipinski definition) is 2.